The lowest BCUT2D eigenvalue weighted by Crippen LogP contribution is -2.05. The van der Waals surface area contributed by atoms with Crippen LogP contribution in [-0.4, -0.2) is 26.9 Å². The number of aryl methyl sites for hydroxylation is 1. The van der Waals surface area contributed by atoms with E-state index in [1.165, 1.54) is 0 Å². The molecule has 1 atom stereocenters. The number of hydrogen-bond acceptors (Lipinski definition) is 7. The van der Waals surface area contributed by atoms with Gasteiger partial charge in [-0.1, -0.05) is 10.3 Å². The van der Waals surface area contributed by atoms with Crippen LogP contribution in [0.1, 0.15) is 29.9 Å². The lowest BCUT2D eigenvalue weighted by atomic mass is 10.4. The zero-order valence-corrected chi connectivity index (χ0v) is 10.2. The molecule has 1 N–H and O–H groups in total. The number of aromatic nitrogens is 4. The number of rotatable bonds is 5. The first kappa shape index (κ1) is 11.8. The van der Waals surface area contributed by atoms with Gasteiger partial charge in [-0.3, -0.25) is 0 Å². The standard InChI is InChI=1S/C9H12ClN5O2/c1-5(10)8-13-14-9(16-8)11-4-3-7-12-6(2)15-17-7/h5H,3-4H2,1-2H3,(H,11,14). The van der Waals surface area contributed by atoms with E-state index >= 15 is 0 Å². The molecule has 0 radical (unpaired) electrons. The van der Waals surface area contributed by atoms with Gasteiger partial charge in [0.2, 0.25) is 11.8 Å². The fourth-order valence-corrected chi connectivity index (χ4v) is 1.27. The molecule has 0 bridgehead atoms. The molecule has 0 fully saturated rings. The highest BCUT2D eigenvalue weighted by molar-refractivity contribution is 6.20. The number of anilines is 1. The summed E-state index contributed by atoms with van der Waals surface area (Å²) in [6, 6.07) is 0.337. The van der Waals surface area contributed by atoms with Crippen LogP contribution < -0.4 is 5.32 Å². The summed E-state index contributed by atoms with van der Waals surface area (Å²) in [5, 5.41) is 13.9. The molecule has 0 aliphatic heterocycles. The predicted molar refractivity (Wildman–Crippen MR) is 59.8 cm³/mol. The summed E-state index contributed by atoms with van der Waals surface area (Å²) in [5.41, 5.74) is 0. The predicted octanol–water partition coefficient (Wildman–Crippen LogP) is 1.72. The first-order chi connectivity index (χ1) is 8.15. The molecule has 0 spiro atoms. The van der Waals surface area contributed by atoms with Gasteiger partial charge in [0.25, 0.3) is 0 Å². The summed E-state index contributed by atoms with van der Waals surface area (Å²) < 4.78 is 10.2. The van der Waals surface area contributed by atoms with Crippen LogP contribution in [0.3, 0.4) is 0 Å². The Morgan fingerprint density at radius 1 is 1.41 bits per heavy atom. The van der Waals surface area contributed by atoms with E-state index in [0.717, 1.165) is 0 Å². The Balaban J connectivity index is 1.81. The van der Waals surface area contributed by atoms with Gasteiger partial charge in [-0.2, -0.15) is 4.98 Å². The molecule has 0 aromatic carbocycles. The largest absolute Gasteiger partial charge is 0.407 e. The zero-order chi connectivity index (χ0) is 12.3. The van der Waals surface area contributed by atoms with E-state index in [-0.39, 0.29) is 5.38 Å². The summed E-state index contributed by atoms with van der Waals surface area (Å²) in [6.45, 7) is 4.10. The van der Waals surface area contributed by atoms with Gasteiger partial charge in [0.15, 0.2) is 5.82 Å². The van der Waals surface area contributed by atoms with E-state index < -0.39 is 0 Å². The molecule has 2 aromatic heterocycles. The van der Waals surface area contributed by atoms with Crippen LogP contribution in [0.4, 0.5) is 6.01 Å². The molecule has 2 rings (SSSR count). The Labute approximate surface area is 103 Å². The molecule has 17 heavy (non-hydrogen) atoms. The van der Waals surface area contributed by atoms with E-state index in [9.17, 15) is 0 Å². The SMILES string of the molecule is Cc1noc(CCNc2nnc(C(C)Cl)o2)n1. The van der Waals surface area contributed by atoms with E-state index in [1.807, 2.05) is 0 Å². The summed E-state index contributed by atoms with van der Waals surface area (Å²) in [6.07, 6.45) is 0.592. The molecule has 0 aliphatic rings. The number of nitrogens with one attached hydrogen (secondary N) is 1. The smallest absolute Gasteiger partial charge is 0.315 e. The van der Waals surface area contributed by atoms with Crippen LogP contribution in [0.2, 0.25) is 0 Å². The fourth-order valence-electron chi connectivity index (χ4n) is 1.18. The second kappa shape index (κ2) is 5.13. The van der Waals surface area contributed by atoms with Gasteiger partial charge in [-0.25, -0.2) is 0 Å². The van der Waals surface area contributed by atoms with Crippen molar-refractivity contribution in [2.45, 2.75) is 25.6 Å². The van der Waals surface area contributed by atoms with Crippen molar-refractivity contribution in [3.8, 4) is 0 Å². The van der Waals surface area contributed by atoms with Crippen LogP contribution in [0.25, 0.3) is 0 Å². The molecule has 0 saturated carbocycles. The van der Waals surface area contributed by atoms with Crippen LogP contribution in [0.5, 0.6) is 0 Å². The van der Waals surface area contributed by atoms with Crippen molar-refractivity contribution in [3.63, 3.8) is 0 Å². The highest BCUT2D eigenvalue weighted by Gasteiger charge is 2.10. The second-order valence-corrected chi connectivity index (χ2v) is 4.13. The zero-order valence-electron chi connectivity index (χ0n) is 9.47. The van der Waals surface area contributed by atoms with Gasteiger partial charge in [0.1, 0.15) is 5.38 Å². The third kappa shape index (κ3) is 3.16. The van der Waals surface area contributed by atoms with Crippen molar-refractivity contribution in [3.05, 3.63) is 17.6 Å². The Kier molecular flexibility index (Phi) is 3.58. The van der Waals surface area contributed by atoms with Gasteiger partial charge < -0.3 is 14.3 Å². The van der Waals surface area contributed by atoms with Crippen molar-refractivity contribution < 1.29 is 8.94 Å². The van der Waals surface area contributed by atoms with E-state index in [1.54, 1.807) is 13.8 Å². The third-order valence-corrected chi connectivity index (χ3v) is 2.15. The summed E-state index contributed by atoms with van der Waals surface area (Å²) in [4.78, 5) is 4.07. The van der Waals surface area contributed by atoms with E-state index in [0.29, 0.717) is 36.6 Å². The Hall–Kier alpha value is -1.63. The van der Waals surface area contributed by atoms with Crippen molar-refractivity contribution in [2.75, 3.05) is 11.9 Å². The molecule has 92 valence electrons. The fraction of sp³-hybridized carbons (Fsp3) is 0.556. The van der Waals surface area contributed by atoms with Gasteiger partial charge >= 0.3 is 6.01 Å². The maximum Gasteiger partial charge on any atom is 0.315 e. The molecule has 1 unspecified atom stereocenters. The van der Waals surface area contributed by atoms with Gasteiger partial charge in [0, 0.05) is 13.0 Å². The highest BCUT2D eigenvalue weighted by Crippen LogP contribution is 2.18. The minimum atomic E-state index is -0.295. The molecule has 0 amide bonds. The Bertz CT molecular complexity index is 481. The Morgan fingerprint density at radius 3 is 2.82 bits per heavy atom. The lowest BCUT2D eigenvalue weighted by Gasteiger charge is -1.97. The topological polar surface area (TPSA) is 89.9 Å². The average Bonchev–Trinajstić information content (AvgIpc) is 2.88. The average molecular weight is 258 g/mol. The number of hydrogen-bond donors (Lipinski definition) is 1. The quantitative estimate of drug-likeness (QED) is 0.816. The van der Waals surface area contributed by atoms with Crippen molar-refractivity contribution in [2.24, 2.45) is 0 Å². The number of nitrogens with zero attached hydrogens (tertiary/aromatic N) is 4. The van der Waals surface area contributed by atoms with Gasteiger partial charge in [-0.05, 0) is 13.8 Å². The molecule has 2 aromatic rings. The van der Waals surface area contributed by atoms with E-state index in [4.69, 9.17) is 20.5 Å². The van der Waals surface area contributed by atoms with E-state index in [2.05, 4.69) is 25.7 Å². The maximum atomic E-state index is 5.79. The lowest BCUT2D eigenvalue weighted by molar-refractivity contribution is 0.376. The minimum absolute atomic E-state index is 0.295. The van der Waals surface area contributed by atoms with Crippen LogP contribution >= 0.6 is 11.6 Å². The summed E-state index contributed by atoms with van der Waals surface area (Å²) in [5.74, 6) is 1.58. The highest BCUT2D eigenvalue weighted by atomic mass is 35.5. The van der Waals surface area contributed by atoms with Crippen LogP contribution in [0.15, 0.2) is 8.94 Å². The van der Waals surface area contributed by atoms with Gasteiger partial charge in [-0.15, -0.1) is 16.7 Å². The van der Waals surface area contributed by atoms with Crippen molar-refractivity contribution in [1.82, 2.24) is 20.3 Å². The normalized spacial score (nSPS) is 12.6. The number of alkyl halides is 1. The number of halogens is 1. The van der Waals surface area contributed by atoms with Crippen LogP contribution in [-0.2, 0) is 6.42 Å². The van der Waals surface area contributed by atoms with Crippen molar-refractivity contribution in [1.29, 1.82) is 0 Å². The second-order valence-electron chi connectivity index (χ2n) is 3.47. The minimum Gasteiger partial charge on any atom is -0.407 e. The summed E-state index contributed by atoms with van der Waals surface area (Å²) >= 11 is 5.79. The third-order valence-electron chi connectivity index (χ3n) is 1.97. The molecular formula is C9H12ClN5O2. The first-order valence-corrected chi connectivity index (χ1v) is 5.59. The molecule has 7 nitrogen and oxygen atoms in total. The Morgan fingerprint density at radius 2 is 2.24 bits per heavy atom. The first-order valence-electron chi connectivity index (χ1n) is 5.15. The maximum absolute atomic E-state index is 5.79. The molecule has 0 aliphatic carbocycles. The van der Waals surface area contributed by atoms with Crippen LogP contribution in [0, 0.1) is 6.92 Å². The molecule has 0 saturated heterocycles. The molecule has 2 heterocycles. The molecule has 8 heteroatoms. The van der Waals surface area contributed by atoms with Crippen molar-refractivity contribution >= 4 is 17.6 Å². The monoisotopic (exact) mass is 257 g/mol. The summed E-state index contributed by atoms with van der Waals surface area (Å²) in [7, 11) is 0. The van der Waals surface area contributed by atoms with Gasteiger partial charge in [0.05, 0.1) is 0 Å². The molecular weight excluding hydrogens is 246 g/mol.